The van der Waals surface area contributed by atoms with Gasteiger partial charge in [0.2, 0.25) is 15.9 Å². The monoisotopic (exact) mass is 517 g/mol. The zero-order chi connectivity index (χ0) is 25.8. The Hall–Kier alpha value is -3.65. The van der Waals surface area contributed by atoms with Crippen LogP contribution in [0.25, 0.3) is 5.65 Å². The van der Waals surface area contributed by atoms with E-state index >= 15 is 0 Å². The Bertz CT molecular complexity index is 1550. The molecule has 2 aliphatic heterocycles. The van der Waals surface area contributed by atoms with Gasteiger partial charge in [-0.1, -0.05) is 6.92 Å². The van der Waals surface area contributed by atoms with Crippen molar-refractivity contribution in [3.8, 4) is 0 Å². The average molecular weight is 518 g/mol. The van der Waals surface area contributed by atoms with Crippen LogP contribution >= 0.6 is 0 Å². The van der Waals surface area contributed by atoms with Gasteiger partial charge in [0.05, 0.1) is 30.3 Å². The summed E-state index contributed by atoms with van der Waals surface area (Å²) in [5, 5.41) is 6.91. The molecule has 2 aliphatic rings. The second kappa shape index (κ2) is 8.78. The van der Waals surface area contributed by atoms with Crippen LogP contribution in [0.15, 0.2) is 29.2 Å². The van der Waals surface area contributed by atoms with Crippen LogP contribution in [0.3, 0.4) is 0 Å². The topological polar surface area (TPSA) is 139 Å². The molecule has 0 bridgehead atoms. The molecule has 0 radical (unpaired) electrons. The fourth-order valence-corrected chi connectivity index (χ4v) is 5.58. The lowest BCUT2D eigenvalue weighted by molar-refractivity contribution is -0.116. The summed E-state index contributed by atoms with van der Waals surface area (Å²) in [5.41, 5.74) is 0.732. The number of anilines is 1. The van der Waals surface area contributed by atoms with Gasteiger partial charge in [0.25, 0.3) is 11.5 Å². The molecule has 2 amide bonds. The smallest absolute Gasteiger partial charge is 0.280 e. The molecule has 36 heavy (non-hydrogen) atoms. The van der Waals surface area contributed by atoms with Gasteiger partial charge in [-0.15, -0.1) is 0 Å². The molecule has 0 aliphatic carbocycles. The molecule has 0 saturated carbocycles. The van der Waals surface area contributed by atoms with E-state index in [2.05, 4.69) is 15.4 Å². The van der Waals surface area contributed by atoms with E-state index in [0.717, 1.165) is 18.5 Å². The maximum atomic E-state index is 13.6. The van der Waals surface area contributed by atoms with Crippen molar-refractivity contribution in [2.45, 2.75) is 38.9 Å². The van der Waals surface area contributed by atoms with Crippen molar-refractivity contribution < 1.29 is 22.4 Å². The molecule has 1 atom stereocenters. The van der Waals surface area contributed by atoms with Gasteiger partial charge in [0.1, 0.15) is 29.5 Å². The third-order valence-electron chi connectivity index (χ3n) is 6.51. The SMILES string of the molecule is CCc1cc2n(CC(=O)Nc3ccc(F)cn3)c3c(c(=O)n2n1)CN([C@H]1CCN(S(C)(=O)=O)C1)C3=O. The van der Waals surface area contributed by atoms with Crippen LogP contribution in [0.1, 0.15) is 35.1 Å². The number of pyridine rings is 1. The van der Waals surface area contributed by atoms with Crippen LogP contribution in [0, 0.1) is 5.82 Å². The fraction of sp³-hybridized carbons (Fsp3) is 0.409. The molecule has 1 N–H and O–H groups in total. The van der Waals surface area contributed by atoms with Gasteiger partial charge < -0.3 is 14.8 Å². The highest BCUT2D eigenvalue weighted by Crippen LogP contribution is 2.28. The molecule has 3 aromatic rings. The zero-order valence-electron chi connectivity index (χ0n) is 19.6. The second-order valence-corrected chi connectivity index (χ2v) is 10.9. The van der Waals surface area contributed by atoms with E-state index in [1.165, 1.54) is 24.4 Å². The van der Waals surface area contributed by atoms with Gasteiger partial charge in [-0.05, 0) is 25.0 Å². The standard InChI is InChI=1S/C22H24FN7O5S/c1-3-14-8-19-29(12-18(31)25-17-5-4-13(23)9-24-17)20-16(21(32)30(19)26-14)11-28(22(20)33)15-6-7-27(10-15)36(2,34)35/h4-5,8-9,15H,3,6-7,10-12H2,1-2H3,(H,24,25,31)/t15-/m0/s1. The Morgan fingerprint density at radius 1 is 1.28 bits per heavy atom. The normalized spacial score (nSPS) is 18.2. The number of amides is 2. The number of aryl methyl sites for hydroxylation is 1. The van der Waals surface area contributed by atoms with Gasteiger partial charge in [0, 0.05) is 25.2 Å². The molecular weight excluding hydrogens is 493 g/mol. The van der Waals surface area contributed by atoms with E-state index in [9.17, 15) is 27.2 Å². The Labute approximate surface area is 205 Å². The Balaban J connectivity index is 1.52. The van der Waals surface area contributed by atoms with Gasteiger partial charge in [0.15, 0.2) is 0 Å². The summed E-state index contributed by atoms with van der Waals surface area (Å²) in [5.74, 6) is -1.39. The molecule has 1 saturated heterocycles. The van der Waals surface area contributed by atoms with Gasteiger partial charge in [-0.3, -0.25) is 14.4 Å². The highest BCUT2D eigenvalue weighted by atomic mass is 32.2. The van der Waals surface area contributed by atoms with Crippen LogP contribution in [-0.2, 0) is 34.3 Å². The molecule has 0 aromatic carbocycles. The molecule has 12 nitrogen and oxygen atoms in total. The predicted molar refractivity (Wildman–Crippen MR) is 126 cm³/mol. The number of carbonyl (C=O) groups excluding carboxylic acids is 2. The zero-order valence-corrected chi connectivity index (χ0v) is 20.5. The van der Waals surface area contributed by atoms with Crippen LogP contribution in [0.2, 0.25) is 0 Å². The van der Waals surface area contributed by atoms with E-state index in [1.807, 2.05) is 6.92 Å². The van der Waals surface area contributed by atoms with E-state index in [4.69, 9.17) is 0 Å². The van der Waals surface area contributed by atoms with Crippen molar-refractivity contribution in [1.82, 2.24) is 28.4 Å². The number of sulfonamides is 1. The molecule has 0 unspecified atom stereocenters. The Morgan fingerprint density at radius 2 is 2.06 bits per heavy atom. The van der Waals surface area contributed by atoms with E-state index in [0.29, 0.717) is 18.5 Å². The van der Waals surface area contributed by atoms with Crippen LogP contribution in [0.5, 0.6) is 0 Å². The number of nitrogens with zero attached hydrogens (tertiary/aromatic N) is 6. The first-order chi connectivity index (χ1) is 17.1. The highest BCUT2D eigenvalue weighted by molar-refractivity contribution is 7.88. The molecule has 14 heteroatoms. The molecular formula is C22H24FN7O5S. The lowest BCUT2D eigenvalue weighted by atomic mass is 10.2. The predicted octanol–water partition coefficient (Wildman–Crippen LogP) is 0.221. The number of nitrogens with one attached hydrogen (secondary N) is 1. The third-order valence-corrected chi connectivity index (χ3v) is 7.78. The number of hydrogen-bond acceptors (Lipinski definition) is 7. The second-order valence-electron chi connectivity index (χ2n) is 8.88. The van der Waals surface area contributed by atoms with Crippen molar-refractivity contribution in [2.24, 2.45) is 0 Å². The molecule has 3 aromatic heterocycles. The summed E-state index contributed by atoms with van der Waals surface area (Å²) in [6.45, 7) is 1.97. The van der Waals surface area contributed by atoms with Gasteiger partial charge in [-0.25, -0.2) is 22.1 Å². The number of halogens is 1. The lowest BCUT2D eigenvalue weighted by Gasteiger charge is -2.23. The van der Waals surface area contributed by atoms with Crippen LogP contribution in [0.4, 0.5) is 10.2 Å². The molecule has 1 fully saturated rings. The van der Waals surface area contributed by atoms with Crippen LogP contribution < -0.4 is 10.9 Å². The Morgan fingerprint density at radius 3 is 2.69 bits per heavy atom. The number of fused-ring (bicyclic) bond motifs is 2. The minimum Gasteiger partial charge on any atom is -0.328 e. The van der Waals surface area contributed by atoms with E-state index in [1.54, 1.807) is 6.07 Å². The molecule has 5 rings (SSSR count). The lowest BCUT2D eigenvalue weighted by Crippen LogP contribution is -2.39. The highest BCUT2D eigenvalue weighted by Gasteiger charge is 2.42. The number of aromatic nitrogens is 4. The minimum atomic E-state index is -3.41. The van der Waals surface area contributed by atoms with Crippen LogP contribution in [-0.4, -0.2) is 74.0 Å². The van der Waals surface area contributed by atoms with Crippen molar-refractivity contribution >= 4 is 33.3 Å². The van der Waals surface area contributed by atoms with Crippen molar-refractivity contribution in [1.29, 1.82) is 0 Å². The summed E-state index contributed by atoms with van der Waals surface area (Å²) in [4.78, 5) is 45.1. The van der Waals surface area contributed by atoms with Crippen molar-refractivity contribution in [2.75, 3.05) is 24.7 Å². The molecule has 5 heterocycles. The summed E-state index contributed by atoms with van der Waals surface area (Å²) < 4.78 is 41.0. The quantitative estimate of drug-likeness (QED) is 0.494. The van der Waals surface area contributed by atoms with Crippen molar-refractivity contribution in [3.63, 3.8) is 0 Å². The van der Waals surface area contributed by atoms with Gasteiger partial charge in [-0.2, -0.15) is 9.61 Å². The average Bonchev–Trinajstić information content (AvgIpc) is 3.55. The summed E-state index contributed by atoms with van der Waals surface area (Å²) in [6, 6.07) is 3.73. The largest absolute Gasteiger partial charge is 0.328 e. The first-order valence-corrected chi connectivity index (χ1v) is 13.2. The van der Waals surface area contributed by atoms with Gasteiger partial charge >= 0.3 is 0 Å². The molecule has 0 spiro atoms. The Kier molecular flexibility index (Phi) is 5.87. The minimum absolute atomic E-state index is 0.00629. The summed E-state index contributed by atoms with van der Waals surface area (Å²) >= 11 is 0. The molecule has 190 valence electrons. The van der Waals surface area contributed by atoms with E-state index in [-0.39, 0.29) is 48.9 Å². The first kappa shape index (κ1) is 24.1. The number of carbonyl (C=O) groups is 2. The van der Waals surface area contributed by atoms with E-state index < -0.39 is 39.3 Å². The summed E-state index contributed by atoms with van der Waals surface area (Å²) in [6.07, 6.45) is 3.07. The third kappa shape index (κ3) is 4.15. The summed E-state index contributed by atoms with van der Waals surface area (Å²) in [7, 11) is -3.41. The fourth-order valence-electron chi connectivity index (χ4n) is 4.70. The van der Waals surface area contributed by atoms with Crippen molar-refractivity contribution in [3.05, 3.63) is 57.5 Å². The maximum Gasteiger partial charge on any atom is 0.280 e. The number of rotatable bonds is 6. The number of hydrogen-bond donors (Lipinski definition) is 1. The maximum absolute atomic E-state index is 13.6. The first-order valence-electron chi connectivity index (χ1n) is 11.4.